The number of hydrogen-bond donors (Lipinski definition) is 1. The molecule has 0 bridgehead atoms. The van der Waals surface area contributed by atoms with Gasteiger partial charge in [0.15, 0.2) is 0 Å². The first-order valence-electron chi connectivity index (χ1n) is 9.93. The van der Waals surface area contributed by atoms with Crippen molar-refractivity contribution in [3.05, 3.63) is 76.4 Å². The summed E-state index contributed by atoms with van der Waals surface area (Å²) in [5.41, 5.74) is 3.84. The highest BCUT2D eigenvalue weighted by molar-refractivity contribution is 7.20. The van der Waals surface area contributed by atoms with Gasteiger partial charge in [0, 0.05) is 6.42 Å². The van der Waals surface area contributed by atoms with Crippen molar-refractivity contribution < 1.29 is 14.3 Å². The lowest BCUT2D eigenvalue weighted by Crippen LogP contribution is -2.07. The van der Waals surface area contributed by atoms with Crippen LogP contribution in [0.4, 0.5) is 11.5 Å². The number of thiophene rings is 1. The van der Waals surface area contributed by atoms with E-state index in [-0.39, 0.29) is 5.97 Å². The van der Waals surface area contributed by atoms with E-state index >= 15 is 0 Å². The number of fused-ring (bicyclic) bond motifs is 1. The summed E-state index contributed by atoms with van der Waals surface area (Å²) in [4.78, 5) is 22.8. The van der Waals surface area contributed by atoms with E-state index in [1.807, 2.05) is 62.4 Å². The first kappa shape index (κ1) is 20.8. The Labute approximate surface area is 184 Å². The van der Waals surface area contributed by atoms with Gasteiger partial charge in [0.05, 0.1) is 24.8 Å². The summed E-state index contributed by atoms with van der Waals surface area (Å²) >= 11 is 1.32. The van der Waals surface area contributed by atoms with Crippen LogP contribution >= 0.6 is 11.3 Å². The van der Waals surface area contributed by atoms with Gasteiger partial charge in [0.25, 0.3) is 0 Å². The second kappa shape index (κ2) is 9.14. The normalized spacial score (nSPS) is 10.8. The highest BCUT2D eigenvalue weighted by atomic mass is 32.1. The van der Waals surface area contributed by atoms with Crippen molar-refractivity contribution in [3.8, 4) is 5.75 Å². The Morgan fingerprint density at radius 3 is 2.68 bits per heavy atom. The molecule has 2 heterocycles. The van der Waals surface area contributed by atoms with Crippen molar-refractivity contribution >= 4 is 39.0 Å². The fourth-order valence-electron chi connectivity index (χ4n) is 3.38. The van der Waals surface area contributed by atoms with E-state index in [9.17, 15) is 4.79 Å². The number of nitrogens with one attached hydrogen (secondary N) is 1. The monoisotopic (exact) mass is 433 g/mol. The third kappa shape index (κ3) is 4.51. The maximum absolute atomic E-state index is 12.7. The number of anilines is 2. The predicted octanol–water partition coefficient (Wildman–Crippen LogP) is 5.46. The number of carbonyl (C=O) groups excluding carboxylic acids is 1. The summed E-state index contributed by atoms with van der Waals surface area (Å²) < 4.78 is 11.0. The van der Waals surface area contributed by atoms with Gasteiger partial charge in [-0.15, -0.1) is 11.3 Å². The van der Waals surface area contributed by atoms with E-state index in [2.05, 4.69) is 15.3 Å². The molecule has 1 N–H and O–H groups in total. The molecule has 0 atom stereocenters. The molecule has 0 saturated heterocycles. The summed E-state index contributed by atoms with van der Waals surface area (Å²) in [5, 5.41) is 4.15. The average molecular weight is 434 g/mol. The number of nitrogens with zero attached hydrogens (tertiary/aromatic N) is 2. The van der Waals surface area contributed by atoms with Gasteiger partial charge < -0.3 is 14.8 Å². The fourth-order valence-corrected chi connectivity index (χ4v) is 4.42. The van der Waals surface area contributed by atoms with Crippen LogP contribution < -0.4 is 10.1 Å². The molecule has 0 radical (unpaired) electrons. The molecule has 4 rings (SSSR count). The smallest absolute Gasteiger partial charge is 0.348 e. The molecule has 4 aromatic rings. The number of esters is 1. The Morgan fingerprint density at radius 1 is 1.10 bits per heavy atom. The number of hydrogen-bond acceptors (Lipinski definition) is 7. The topological polar surface area (TPSA) is 73.3 Å². The molecule has 6 nitrogen and oxygen atoms in total. The largest absolute Gasteiger partial charge is 0.495 e. The predicted molar refractivity (Wildman–Crippen MR) is 124 cm³/mol. The summed E-state index contributed by atoms with van der Waals surface area (Å²) in [6, 6.07) is 15.8. The van der Waals surface area contributed by atoms with Gasteiger partial charge in [-0.2, -0.15) is 0 Å². The Kier molecular flexibility index (Phi) is 6.13. The van der Waals surface area contributed by atoms with Gasteiger partial charge in [0.1, 0.15) is 27.6 Å². The van der Waals surface area contributed by atoms with E-state index < -0.39 is 0 Å². The molecule has 0 aliphatic carbocycles. The maximum atomic E-state index is 12.7. The minimum atomic E-state index is -0.337. The summed E-state index contributed by atoms with van der Waals surface area (Å²) in [5.74, 6) is 1.01. The highest BCUT2D eigenvalue weighted by Crippen LogP contribution is 2.36. The van der Waals surface area contributed by atoms with Crippen LogP contribution in [0.15, 0.2) is 54.9 Å². The molecule has 158 valence electrons. The zero-order valence-corrected chi connectivity index (χ0v) is 18.5. The lowest BCUT2D eigenvalue weighted by atomic mass is 10.1. The quantitative estimate of drug-likeness (QED) is 0.390. The van der Waals surface area contributed by atoms with Gasteiger partial charge in [-0.05, 0) is 42.7 Å². The van der Waals surface area contributed by atoms with Crippen molar-refractivity contribution in [1.29, 1.82) is 0 Å². The minimum Gasteiger partial charge on any atom is -0.495 e. The van der Waals surface area contributed by atoms with Gasteiger partial charge in [-0.1, -0.05) is 36.4 Å². The molecule has 0 amide bonds. The zero-order chi connectivity index (χ0) is 21.8. The number of aromatic nitrogens is 2. The standard InChI is InChI=1S/C24H23N3O3S/c1-15-9-10-19(29-3)18(13-15)27-22-20-16(2)21(31-23(20)26-14-25-22)24(28)30-12-11-17-7-5-4-6-8-17/h4-10,13-14H,11-12H2,1-3H3,(H,25,26,27). The number of benzene rings is 2. The average Bonchev–Trinajstić information content (AvgIpc) is 3.12. The fraction of sp³-hybridized carbons (Fsp3) is 0.208. The lowest BCUT2D eigenvalue weighted by Gasteiger charge is -2.12. The van der Waals surface area contributed by atoms with Gasteiger partial charge in [-0.25, -0.2) is 14.8 Å². The molecule has 0 unspecified atom stereocenters. The number of rotatable bonds is 7. The van der Waals surface area contributed by atoms with Gasteiger partial charge in [-0.3, -0.25) is 0 Å². The van der Waals surface area contributed by atoms with Gasteiger partial charge >= 0.3 is 5.97 Å². The van der Waals surface area contributed by atoms with Crippen molar-refractivity contribution in [2.24, 2.45) is 0 Å². The molecular weight excluding hydrogens is 410 g/mol. The van der Waals surface area contributed by atoms with E-state index in [0.29, 0.717) is 29.5 Å². The number of ether oxygens (including phenoxy) is 2. The van der Waals surface area contributed by atoms with Crippen LogP contribution in [0, 0.1) is 13.8 Å². The second-order valence-corrected chi connectivity index (χ2v) is 8.16. The Hall–Kier alpha value is -3.45. The molecule has 31 heavy (non-hydrogen) atoms. The van der Waals surface area contributed by atoms with Crippen LogP contribution in [0.3, 0.4) is 0 Å². The van der Waals surface area contributed by atoms with E-state index in [4.69, 9.17) is 9.47 Å². The Morgan fingerprint density at radius 2 is 1.90 bits per heavy atom. The summed E-state index contributed by atoms with van der Waals surface area (Å²) in [6.45, 7) is 4.24. The van der Waals surface area contributed by atoms with E-state index in [1.165, 1.54) is 17.7 Å². The number of carbonyl (C=O) groups is 1. The molecule has 2 aromatic heterocycles. The molecule has 0 saturated carbocycles. The van der Waals surface area contributed by atoms with Crippen molar-refractivity contribution in [2.45, 2.75) is 20.3 Å². The van der Waals surface area contributed by atoms with Crippen molar-refractivity contribution in [1.82, 2.24) is 9.97 Å². The zero-order valence-electron chi connectivity index (χ0n) is 17.6. The molecule has 0 spiro atoms. The number of methoxy groups -OCH3 is 1. The lowest BCUT2D eigenvalue weighted by molar-refractivity contribution is 0.0514. The first-order chi connectivity index (χ1) is 15.1. The summed E-state index contributed by atoms with van der Waals surface area (Å²) in [7, 11) is 1.63. The van der Waals surface area contributed by atoms with Crippen molar-refractivity contribution in [3.63, 3.8) is 0 Å². The van der Waals surface area contributed by atoms with Crippen LogP contribution in [-0.2, 0) is 11.2 Å². The molecule has 0 fully saturated rings. The van der Waals surface area contributed by atoms with E-state index in [1.54, 1.807) is 7.11 Å². The molecule has 2 aromatic carbocycles. The van der Waals surface area contributed by atoms with E-state index in [0.717, 1.165) is 32.6 Å². The molecular formula is C24H23N3O3S. The van der Waals surface area contributed by atoms with Crippen molar-refractivity contribution in [2.75, 3.05) is 19.0 Å². The highest BCUT2D eigenvalue weighted by Gasteiger charge is 2.21. The Balaban J connectivity index is 1.58. The molecule has 0 aliphatic rings. The van der Waals surface area contributed by atoms with Crippen LogP contribution in [0.25, 0.3) is 10.2 Å². The number of aryl methyl sites for hydroxylation is 2. The minimum absolute atomic E-state index is 0.327. The first-order valence-corrected chi connectivity index (χ1v) is 10.7. The van der Waals surface area contributed by atoms with Crippen LogP contribution in [0.5, 0.6) is 5.75 Å². The SMILES string of the molecule is COc1ccc(C)cc1Nc1ncnc2sc(C(=O)OCCc3ccccc3)c(C)c12. The van der Waals surface area contributed by atoms with Gasteiger partial charge in [0.2, 0.25) is 0 Å². The third-order valence-electron chi connectivity index (χ3n) is 4.99. The summed E-state index contributed by atoms with van der Waals surface area (Å²) in [6.07, 6.45) is 2.17. The second-order valence-electron chi connectivity index (χ2n) is 7.16. The Bertz CT molecular complexity index is 1220. The van der Waals surface area contributed by atoms with Crippen LogP contribution in [-0.4, -0.2) is 29.7 Å². The van der Waals surface area contributed by atoms with Crippen LogP contribution in [0.1, 0.15) is 26.4 Å². The third-order valence-corrected chi connectivity index (χ3v) is 6.17. The molecule has 7 heteroatoms. The van der Waals surface area contributed by atoms with Crippen LogP contribution in [0.2, 0.25) is 0 Å². The maximum Gasteiger partial charge on any atom is 0.348 e. The molecule has 0 aliphatic heterocycles.